The summed E-state index contributed by atoms with van der Waals surface area (Å²) in [6.07, 6.45) is 9.01. The van der Waals surface area contributed by atoms with E-state index in [4.69, 9.17) is 4.74 Å². The van der Waals surface area contributed by atoms with Gasteiger partial charge in [0, 0.05) is 11.0 Å². The van der Waals surface area contributed by atoms with Gasteiger partial charge < -0.3 is 9.84 Å². The summed E-state index contributed by atoms with van der Waals surface area (Å²) < 4.78 is 6.16. The summed E-state index contributed by atoms with van der Waals surface area (Å²) in [7, 11) is 0. The second-order valence-corrected chi connectivity index (χ2v) is 7.89. The summed E-state index contributed by atoms with van der Waals surface area (Å²) in [6, 6.07) is 0. The fourth-order valence-corrected chi connectivity index (χ4v) is 3.53. The van der Waals surface area contributed by atoms with Crippen molar-refractivity contribution in [1.82, 2.24) is 4.90 Å². The average molecular weight is 283 g/mol. The van der Waals surface area contributed by atoms with E-state index in [1.807, 2.05) is 0 Å². The molecule has 2 fully saturated rings. The zero-order valence-electron chi connectivity index (χ0n) is 13.7. The average Bonchev–Trinajstić information content (AvgIpc) is 2.46. The second kappa shape index (κ2) is 6.76. The summed E-state index contributed by atoms with van der Waals surface area (Å²) in [6.45, 7) is 10.0. The molecule has 3 heteroatoms. The van der Waals surface area contributed by atoms with Gasteiger partial charge in [0.2, 0.25) is 0 Å². The standard InChI is InChI=1S/C17H33NO2/c1-16(2,3)18-11-9-17(13-19,10-12-18)14-20-15-7-5-4-6-8-15/h15,19H,4-14H2,1-3H3. The molecule has 1 heterocycles. The minimum atomic E-state index is 0.0131. The molecule has 2 aliphatic rings. The maximum absolute atomic E-state index is 9.86. The number of hydrogen-bond donors (Lipinski definition) is 1. The first-order valence-corrected chi connectivity index (χ1v) is 8.43. The van der Waals surface area contributed by atoms with Crippen LogP contribution in [0, 0.1) is 5.41 Å². The molecule has 3 nitrogen and oxygen atoms in total. The molecular weight excluding hydrogens is 250 g/mol. The summed E-state index contributed by atoms with van der Waals surface area (Å²) >= 11 is 0. The van der Waals surface area contributed by atoms with Crippen molar-refractivity contribution >= 4 is 0 Å². The molecule has 2 rings (SSSR count). The minimum Gasteiger partial charge on any atom is -0.396 e. The lowest BCUT2D eigenvalue weighted by Gasteiger charge is -2.46. The molecule has 0 spiro atoms. The maximum Gasteiger partial charge on any atom is 0.0575 e. The third-order valence-electron chi connectivity index (χ3n) is 5.29. The molecule has 1 aliphatic heterocycles. The van der Waals surface area contributed by atoms with Crippen molar-refractivity contribution in [2.24, 2.45) is 5.41 Å². The predicted molar refractivity (Wildman–Crippen MR) is 82.9 cm³/mol. The number of nitrogens with zero attached hydrogens (tertiary/aromatic N) is 1. The Morgan fingerprint density at radius 3 is 2.20 bits per heavy atom. The zero-order chi connectivity index (χ0) is 14.6. The molecule has 0 atom stereocenters. The van der Waals surface area contributed by atoms with Crippen LogP contribution in [-0.4, -0.2) is 48.0 Å². The van der Waals surface area contributed by atoms with Gasteiger partial charge in [0.05, 0.1) is 19.3 Å². The van der Waals surface area contributed by atoms with E-state index in [1.165, 1.54) is 32.1 Å². The molecule has 0 aromatic carbocycles. The van der Waals surface area contributed by atoms with Crippen LogP contribution in [0.4, 0.5) is 0 Å². The number of piperidine rings is 1. The lowest BCUT2D eigenvalue weighted by atomic mass is 9.78. The Bertz CT molecular complexity index is 284. The first-order valence-electron chi connectivity index (χ1n) is 8.43. The quantitative estimate of drug-likeness (QED) is 0.860. The highest BCUT2D eigenvalue weighted by molar-refractivity contribution is 4.90. The number of likely N-dealkylation sites (tertiary alicyclic amines) is 1. The molecule has 1 saturated heterocycles. The van der Waals surface area contributed by atoms with Crippen LogP contribution >= 0.6 is 0 Å². The molecular formula is C17H33NO2. The van der Waals surface area contributed by atoms with Crippen LogP contribution in [0.3, 0.4) is 0 Å². The van der Waals surface area contributed by atoms with Gasteiger partial charge in [-0.05, 0) is 59.5 Å². The van der Waals surface area contributed by atoms with Crippen LogP contribution in [0.15, 0.2) is 0 Å². The summed E-state index contributed by atoms with van der Waals surface area (Å²) in [5.74, 6) is 0. The summed E-state index contributed by atoms with van der Waals surface area (Å²) in [4.78, 5) is 2.53. The van der Waals surface area contributed by atoms with E-state index in [0.29, 0.717) is 6.10 Å². The molecule has 0 radical (unpaired) electrons. The largest absolute Gasteiger partial charge is 0.396 e. The number of aliphatic hydroxyl groups excluding tert-OH is 1. The Morgan fingerprint density at radius 2 is 1.70 bits per heavy atom. The molecule has 0 unspecified atom stereocenters. The fraction of sp³-hybridized carbons (Fsp3) is 1.00. The normalized spacial score (nSPS) is 25.8. The third kappa shape index (κ3) is 4.19. The van der Waals surface area contributed by atoms with Crippen LogP contribution in [0.2, 0.25) is 0 Å². The molecule has 0 bridgehead atoms. The minimum absolute atomic E-state index is 0.0131. The van der Waals surface area contributed by atoms with Crippen molar-refractivity contribution in [1.29, 1.82) is 0 Å². The highest BCUT2D eigenvalue weighted by atomic mass is 16.5. The van der Waals surface area contributed by atoms with Crippen molar-refractivity contribution < 1.29 is 9.84 Å². The van der Waals surface area contributed by atoms with Gasteiger partial charge in [-0.3, -0.25) is 4.90 Å². The molecule has 1 N–H and O–H groups in total. The van der Waals surface area contributed by atoms with Gasteiger partial charge >= 0.3 is 0 Å². The molecule has 0 aromatic rings. The van der Waals surface area contributed by atoms with E-state index in [9.17, 15) is 5.11 Å². The van der Waals surface area contributed by atoms with E-state index in [1.54, 1.807) is 0 Å². The molecule has 0 amide bonds. The Balaban J connectivity index is 1.82. The molecule has 118 valence electrons. The highest BCUT2D eigenvalue weighted by Crippen LogP contribution is 2.35. The number of hydrogen-bond acceptors (Lipinski definition) is 3. The lowest BCUT2D eigenvalue weighted by molar-refractivity contribution is -0.0774. The summed E-state index contributed by atoms with van der Waals surface area (Å²) in [5.41, 5.74) is 0.255. The monoisotopic (exact) mass is 283 g/mol. The van der Waals surface area contributed by atoms with Gasteiger partial charge in [0.25, 0.3) is 0 Å². The Kier molecular flexibility index (Phi) is 5.49. The fourth-order valence-electron chi connectivity index (χ4n) is 3.53. The van der Waals surface area contributed by atoms with Crippen molar-refractivity contribution in [3.8, 4) is 0 Å². The summed E-state index contributed by atoms with van der Waals surface area (Å²) in [5, 5.41) is 9.86. The van der Waals surface area contributed by atoms with Crippen molar-refractivity contribution in [2.45, 2.75) is 77.4 Å². The van der Waals surface area contributed by atoms with Gasteiger partial charge in [-0.15, -0.1) is 0 Å². The Hall–Kier alpha value is -0.120. The second-order valence-electron chi connectivity index (χ2n) is 7.89. The predicted octanol–water partition coefficient (Wildman–Crippen LogP) is 3.21. The maximum atomic E-state index is 9.86. The van der Waals surface area contributed by atoms with Crippen LogP contribution in [0.1, 0.15) is 65.7 Å². The first-order chi connectivity index (χ1) is 9.45. The van der Waals surface area contributed by atoms with Gasteiger partial charge in [-0.1, -0.05) is 19.3 Å². The van der Waals surface area contributed by atoms with Crippen LogP contribution in [0.5, 0.6) is 0 Å². The number of rotatable bonds is 4. The van der Waals surface area contributed by atoms with Crippen LogP contribution < -0.4 is 0 Å². The molecule has 20 heavy (non-hydrogen) atoms. The van der Waals surface area contributed by atoms with E-state index in [-0.39, 0.29) is 17.6 Å². The SMILES string of the molecule is CC(C)(C)N1CCC(CO)(COC2CCCCC2)CC1. The van der Waals surface area contributed by atoms with Crippen molar-refractivity contribution in [3.05, 3.63) is 0 Å². The van der Waals surface area contributed by atoms with Crippen LogP contribution in [0.25, 0.3) is 0 Å². The lowest BCUT2D eigenvalue weighted by Crippen LogP contribution is -2.51. The zero-order valence-corrected chi connectivity index (χ0v) is 13.7. The molecule has 1 saturated carbocycles. The van der Waals surface area contributed by atoms with E-state index in [2.05, 4.69) is 25.7 Å². The van der Waals surface area contributed by atoms with E-state index >= 15 is 0 Å². The first kappa shape index (κ1) is 16.3. The third-order valence-corrected chi connectivity index (χ3v) is 5.29. The topological polar surface area (TPSA) is 32.7 Å². The van der Waals surface area contributed by atoms with E-state index in [0.717, 1.165) is 32.5 Å². The Labute approximate surface area is 124 Å². The highest BCUT2D eigenvalue weighted by Gasteiger charge is 2.37. The van der Waals surface area contributed by atoms with Crippen molar-refractivity contribution in [3.63, 3.8) is 0 Å². The smallest absolute Gasteiger partial charge is 0.0575 e. The van der Waals surface area contributed by atoms with Crippen LogP contribution in [-0.2, 0) is 4.74 Å². The number of ether oxygens (including phenoxy) is 1. The van der Waals surface area contributed by atoms with Gasteiger partial charge in [0.1, 0.15) is 0 Å². The Morgan fingerprint density at radius 1 is 1.10 bits per heavy atom. The van der Waals surface area contributed by atoms with Gasteiger partial charge in [0.15, 0.2) is 0 Å². The van der Waals surface area contributed by atoms with Gasteiger partial charge in [-0.25, -0.2) is 0 Å². The number of aliphatic hydroxyl groups is 1. The molecule has 0 aromatic heterocycles. The van der Waals surface area contributed by atoms with Crippen molar-refractivity contribution in [2.75, 3.05) is 26.3 Å². The molecule has 1 aliphatic carbocycles. The van der Waals surface area contributed by atoms with Gasteiger partial charge in [-0.2, -0.15) is 0 Å². The van der Waals surface area contributed by atoms with E-state index < -0.39 is 0 Å².